The number of carbonyl (C=O) groups is 1. The number of hydrogen-bond acceptors (Lipinski definition) is 4. The van der Waals surface area contributed by atoms with Gasteiger partial charge in [0, 0.05) is 16.8 Å². The minimum absolute atomic E-state index is 0.111. The average molecular weight is 262 g/mol. The molecule has 0 aliphatic rings. The molecule has 0 radical (unpaired) electrons. The van der Waals surface area contributed by atoms with Gasteiger partial charge in [0.2, 0.25) is 0 Å². The van der Waals surface area contributed by atoms with Crippen molar-refractivity contribution in [2.45, 2.75) is 19.9 Å². The number of benzene rings is 1. The molecule has 0 fully saturated rings. The van der Waals surface area contributed by atoms with Crippen LogP contribution in [-0.2, 0) is 0 Å². The maximum atomic E-state index is 10.9. The number of nitrogens with one attached hydrogen (secondary N) is 1. The summed E-state index contributed by atoms with van der Waals surface area (Å²) >= 11 is 1.58. The second-order valence-electron chi connectivity index (χ2n) is 4.10. The number of nitrogens with zero attached hydrogens (tertiary/aromatic N) is 1. The normalized spacial score (nSPS) is 12.1. The second kappa shape index (κ2) is 5.18. The van der Waals surface area contributed by atoms with Crippen molar-refractivity contribution in [1.29, 1.82) is 0 Å². The zero-order valence-electron chi connectivity index (χ0n) is 10.2. The van der Waals surface area contributed by atoms with E-state index in [0.29, 0.717) is 5.56 Å². The van der Waals surface area contributed by atoms with E-state index in [4.69, 9.17) is 5.11 Å². The Kier molecular flexibility index (Phi) is 3.62. The first-order valence-corrected chi connectivity index (χ1v) is 6.45. The van der Waals surface area contributed by atoms with E-state index in [0.717, 1.165) is 16.1 Å². The van der Waals surface area contributed by atoms with Crippen LogP contribution in [0, 0.1) is 6.92 Å². The highest BCUT2D eigenvalue weighted by Crippen LogP contribution is 2.25. The van der Waals surface area contributed by atoms with Crippen molar-refractivity contribution >= 4 is 23.0 Å². The Morgan fingerprint density at radius 2 is 2.28 bits per heavy atom. The number of aromatic nitrogens is 1. The van der Waals surface area contributed by atoms with E-state index < -0.39 is 5.97 Å². The molecule has 0 aliphatic carbocycles. The summed E-state index contributed by atoms with van der Waals surface area (Å²) in [5.41, 5.74) is 3.94. The van der Waals surface area contributed by atoms with E-state index in [-0.39, 0.29) is 6.04 Å². The fourth-order valence-corrected chi connectivity index (χ4v) is 2.28. The van der Waals surface area contributed by atoms with E-state index in [1.807, 2.05) is 26.1 Å². The molecule has 1 aromatic heterocycles. The van der Waals surface area contributed by atoms with Crippen LogP contribution >= 0.6 is 11.3 Å². The molecule has 2 rings (SSSR count). The highest BCUT2D eigenvalue weighted by molar-refractivity contribution is 7.09. The number of thiazole rings is 1. The van der Waals surface area contributed by atoms with E-state index in [1.54, 1.807) is 29.0 Å². The van der Waals surface area contributed by atoms with E-state index in [1.165, 1.54) is 0 Å². The first-order chi connectivity index (χ1) is 8.58. The SMILES string of the molecule is Cc1ccc(C(=O)O)cc1NC(C)c1cncs1. The molecule has 5 heteroatoms. The van der Waals surface area contributed by atoms with Crippen LogP contribution in [0.1, 0.15) is 33.8 Å². The fraction of sp³-hybridized carbons (Fsp3) is 0.231. The molecule has 0 saturated carbocycles. The number of carboxylic acids is 1. The monoisotopic (exact) mass is 262 g/mol. The Morgan fingerprint density at radius 1 is 1.50 bits per heavy atom. The van der Waals surface area contributed by atoms with Crippen LogP contribution in [-0.4, -0.2) is 16.1 Å². The summed E-state index contributed by atoms with van der Waals surface area (Å²) in [6.45, 7) is 3.98. The predicted molar refractivity (Wildman–Crippen MR) is 72.3 cm³/mol. The Bertz CT molecular complexity index is 552. The van der Waals surface area contributed by atoms with Crippen LogP contribution in [0.15, 0.2) is 29.9 Å². The summed E-state index contributed by atoms with van der Waals surface area (Å²) in [6, 6.07) is 5.20. The lowest BCUT2D eigenvalue weighted by Gasteiger charge is -2.15. The van der Waals surface area contributed by atoms with Gasteiger partial charge < -0.3 is 10.4 Å². The summed E-state index contributed by atoms with van der Waals surface area (Å²) < 4.78 is 0. The molecule has 94 valence electrons. The molecule has 0 bridgehead atoms. The Balaban J connectivity index is 2.23. The maximum absolute atomic E-state index is 10.9. The van der Waals surface area contributed by atoms with Gasteiger partial charge in [0.25, 0.3) is 0 Å². The molecular formula is C13H14N2O2S. The van der Waals surface area contributed by atoms with Gasteiger partial charge in [0.15, 0.2) is 0 Å². The molecule has 0 saturated heterocycles. The third kappa shape index (κ3) is 2.68. The molecule has 0 aliphatic heterocycles. The Hall–Kier alpha value is -1.88. The van der Waals surface area contributed by atoms with Crippen molar-refractivity contribution < 1.29 is 9.90 Å². The largest absolute Gasteiger partial charge is 0.478 e. The Morgan fingerprint density at radius 3 is 2.89 bits per heavy atom. The number of rotatable bonds is 4. The predicted octanol–water partition coefficient (Wildman–Crippen LogP) is 3.32. The Labute approximate surface area is 109 Å². The topological polar surface area (TPSA) is 62.2 Å². The van der Waals surface area contributed by atoms with Crippen LogP contribution in [0.5, 0.6) is 0 Å². The number of aryl methyl sites for hydroxylation is 1. The van der Waals surface area contributed by atoms with Gasteiger partial charge in [0.05, 0.1) is 17.1 Å². The summed E-state index contributed by atoms with van der Waals surface area (Å²) in [4.78, 5) is 16.1. The van der Waals surface area contributed by atoms with Crippen molar-refractivity contribution in [2.24, 2.45) is 0 Å². The van der Waals surface area contributed by atoms with Gasteiger partial charge in [0.1, 0.15) is 0 Å². The van der Waals surface area contributed by atoms with Crippen LogP contribution in [0.2, 0.25) is 0 Å². The minimum atomic E-state index is -0.913. The third-order valence-electron chi connectivity index (χ3n) is 2.73. The van der Waals surface area contributed by atoms with Crippen molar-refractivity contribution in [3.8, 4) is 0 Å². The molecule has 4 nitrogen and oxygen atoms in total. The molecule has 2 N–H and O–H groups in total. The van der Waals surface area contributed by atoms with Gasteiger partial charge in [-0.05, 0) is 31.5 Å². The summed E-state index contributed by atoms with van der Waals surface area (Å²) in [6.07, 6.45) is 1.82. The lowest BCUT2D eigenvalue weighted by molar-refractivity contribution is 0.0697. The molecule has 1 atom stereocenters. The first kappa shape index (κ1) is 12.6. The van der Waals surface area contributed by atoms with E-state index in [2.05, 4.69) is 10.3 Å². The number of carboxylic acid groups (broad SMARTS) is 1. The molecule has 2 aromatic rings. The highest BCUT2D eigenvalue weighted by atomic mass is 32.1. The van der Waals surface area contributed by atoms with Crippen LogP contribution in [0.25, 0.3) is 0 Å². The van der Waals surface area contributed by atoms with Gasteiger partial charge in [-0.15, -0.1) is 11.3 Å². The molecule has 18 heavy (non-hydrogen) atoms. The molecule has 0 spiro atoms. The lowest BCUT2D eigenvalue weighted by Crippen LogP contribution is -2.07. The lowest BCUT2D eigenvalue weighted by atomic mass is 10.1. The van der Waals surface area contributed by atoms with E-state index in [9.17, 15) is 4.79 Å². The van der Waals surface area contributed by atoms with E-state index >= 15 is 0 Å². The van der Waals surface area contributed by atoms with Gasteiger partial charge in [-0.1, -0.05) is 6.07 Å². The summed E-state index contributed by atoms with van der Waals surface area (Å²) in [5.74, 6) is -0.913. The van der Waals surface area contributed by atoms with Gasteiger partial charge >= 0.3 is 5.97 Å². The van der Waals surface area contributed by atoms with Crippen molar-refractivity contribution in [3.63, 3.8) is 0 Å². The zero-order chi connectivity index (χ0) is 13.1. The average Bonchev–Trinajstić information content (AvgIpc) is 2.85. The highest BCUT2D eigenvalue weighted by Gasteiger charge is 2.10. The summed E-state index contributed by atoms with van der Waals surface area (Å²) in [7, 11) is 0. The molecular weight excluding hydrogens is 248 g/mol. The first-order valence-electron chi connectivity index (χ1n) is 5.57. The minimum Gasteiger partial charge on any atom is -0.478 e. The smallest absolute Gasteiger partial charge is 0.335 e. The van der Waals surface area contributed by atoms with Crippen molar-refractivity contribution in [3.05, 3.63) is 45.9 Å². The molecule has 1 aromatic carbocycles. The van der Waals surface area contributed by atoms with Gasteiger partial charge in [-0.25, -0.2) is 4.79 Å². The number of anilines is 1. The fourth-order valence-electron chi connectivity index (χ4n) is 1.65. The standard InChI is InChI=1S/C13H14N2O2S/c1-8-3-4-10(13(16)17)5-11(8)15-9(2)12-6-14-7-18-12/h3-7,9,15H,1-2H3,(H,16,17). The quantitative estimate of drug-likeness (QED) is 0.887. The van der Waals surface area contributed by atoms with Gasteiger partial charge in [-0.3, -0.25) is 4.98 Å². The maximum Gasteiger partial charge on any atom is 0.335 e. The number of aromatic carboxylic acids is 1. The van der Waals surface area contributed by atoms with Crippen LogP contribution in [0.4, 0.5) is 5.69 Å². The second-order valence-corrected chi connectivity index (χ2v) is 5.02. The number of hydrogen-bond donors (Lipinski definition) is 2. The molecule has 1 unspecified atom stereocenters. The molecule has 0 amide bonds. The molecule has 1 heterocycles. The van der Waals surface area contributed by atoms with Crippen LogP contribution in [0.3, 0.4) is 0 Å². The third-order valence-corrected chi connectivity index (χ3v) is 3.69. The summed E-state index contributed by atoms with van der Waals surface area (Å²) in [5, 5.41) is 12.3. The van der Waals surface area contributed by atoms with Crippen molar-refractivity contribution in [2.75, 3.05) is 5.32 Å². The van der Waals surface area contributed by atoms with Gasteiger partial charge in [-0.2, -0.15) is 0 Å². The van der Waals surface area contributed by atoms with Crippen molar-refractivity contribution in [1.82, 2.24) is 4.98 Å². The van der Waals surface area contributed by atoms with Crippen LogP contribution < -0.4 is 5.32 Å². The zero-order valence-corrected chi connectivity index (χ0v) is 11.0.